The Bertz CT molecular complexity index is 318. The molecule has 1 radical (unpaired) electrons. The highest BCUT2D eigenvalue weighted by Gasteiger charge is 2.15. The van der Waals surface area contributed by atoms with Gasteiger partial charge in [-0.05, 0) is 23.0 Å². The predicted molar refractivity (Wildman–Crippen MR) is 73.0 cm³/mol. The lowest BCUT2D eigenvalue weighted by Gasteiger charge is -2.20. The second kappa shape index (κ2) is 6.20. The molecule has 1 unspecified atom stereocenters. The molecule has 0 aliphatic rings. The van der Waals surface area contributed by atoms with Gasteiger partial charge in [-0.2, -0.15) is 0 Å². The number of hydrogen-bond acceptors (Lipinski definition) is 0. The summed E-state index contributed by atoms with van der Waals surface area (Å²) in [4.78, 5) is 0. The zero-order chi connectivity index (χ0) is 12.9. The molecule has 0 saturated carbocycles. The Labute approximate surface area is 106 Å². The van der Waals surface area contributed by atoms with Gasteiger partial charge in [0.15, 0.2) is 0 Å². The van der Waals surface area contributed by atoms with Crippen LogP contribution in [0.4, 0.5) is 0 Å². The highest BCUT2D eigenvalue weighted by Crippen LogP contribution is 2.26. The van der Waals surface area contributed by atoms with Crippen LogP contribution in [0.5, 0.6) is 0 Å². The molecule has 0 aliphatic carbocycles. The number of unbranched alkanes of at least 4 members (excludes halogenated alkanes) is 1. The van der Waals surface area contributed by atoms with Crippen molar-refractivity contribution in [1.29, 1.82) is 0 Å². The lowest BCUT2D eigenvalue weighted by atomic mass is 9.85. The zero-order valence-electron chi connectivity index (χ0n) is 11.6. The van der Waals surface area contributed by atoms with E-state index >= 15 is 0 Å². The largest absolute Gasteiger partial charge is 0.236 e. The molecule has 0 fully saturated rings. The summed E-state index contributed by atoms with van der Waals surface area (Å²) in [5.74, 6) is 0.198. The average molecular weight is 233 g/mol. The van der Waals surface area contributed by atoms with Crippen LogP contribution in [0.25, 0.3) is 0 Å². The van der Waals surface area contributed by atoms with Gasteiger partial charge in [-0.25, -0.2) is 5.11 Å². The third-order valence-corrected chi connectivity index (χ3v) is 3.36. The molecule has 0 spiro atoms. The van der Waals surface area contributed by atoms with Crippen molar-refractivity contribution in [3.05, 3.63) is 35.4 Å². The maximum Gasteiger partial charge on any atom is 0.0890 e. The van der Waals surface area contributed by atoms with Crippen molar-refractivity contribution < 1.29 is 5.11 Å². The molecule has 1 heteroatoms. The maximum atomic E-state index is 11.2. The van der Waals surface area contributed by atoms with Crippen molar-refractivity contribution in [3.8, 4) is 0 Å². The van der Waals surface area contributed by atoms with Gasteiger partial charge in [-0.1, -0.05) is 64.8 Å². The van der Waals surface area contributed by atoms with Crippen LogP contribution in [-0.4, -0.2) is 6.61 Å². The SMILES string of the molecule is CCCCC(C[O])c1ccc(C(C)(C)C)cc1. The molecule has 0 N–H and O–H groups in total. The van der Waals surface area contributed by atoms with Crippen molar-refractivity contribution >= 4 is 0 Å². The summed E-state index contributed by atoms with van der Waals surface area (Å²) in [5, 5.41) is 11.2. The smallest absolute Gasteiger partial charge is 0.0890 e. The van der Waals surface area contributed by atoms with Gasteiger partial charge in [-0.15, -0.1) is 0 Å². The highest BCUT2D eigenvalue weighted by molar-refractivity contribution is 5.29. The second-order valence-corrected chi connectivity index (χ2v) is 5.88. The van der Waals surface area contributed by atoms with E-state index in [-0.39, 0.29) is 17.9 Å². The molecule has 0 aliphatic heterocycles. The number of benzene rings is 1. The highest BCUT2D eigenvalue weighted by atomic mass is 16.3. The van der Waals surface area contributed by atoms with Crippen molar-refractivity contribution in [2.45, 2.75) is 58.3 Å². The van der Waals surface area contributed by atoms with Gasteiger partial charge in [0.2, 0.25) is 0 Å². The molecule has 0 bridgehead atoms. The Hall–Kier alpha value is -0.820. The fourth-order valence-electron chi connectivity index (χ4n) is 2.05. The topological polar surface area (TPSA) is 19.9 Å². The minimum absolute atomic E-state index is 0.00879. The van der Waals surface area contributed by atoms with Crippen LogP contribution in [0.2, 0.25) is 0 Å². The van der Waals surface area contributed by atoms with E-state index < -0.39 is 0 Å². The van der Waals surface area contributed by atoms with E-state index in [0.717, 1.165) is 19.3 Å². The van der Waals surface area contributed by atoms with Crippen molar-refractivity contribution in [2.75, 3.05) is 6.61 Å². The Morgan fingerprint density at radius 3 is 2.12 bits per heavy atom. The molecule has 0 heterocycles. The van der Waals surface area contributed by atoms with Crippen LogP contribution in [0.15, 0.2) is 24.3 Å². The van der Waals surface area contributed by atoms with Crippen LogP contribution in [0, 0.1) is 0 Å². The first kappa shape index (κ1) is 14.2. The zero-order valence-corrected chi connectivity index (χ0v) is 11.6. The number of hydrogen-bond donors (Lipinski definition) is 0. The van der Waals surface area contributed by atoms with E-state index in [1.165, 1.54) is 11.1 Å². The minimum atomic E-state index is 0.00879. The Morgan fingerprint density at radius 2 is 1.71 bits per heavy atom. The maximum absolute atomic E-state index is 11.2. The Kier molecular flexibility index (Phi) is 5.20. The normalized spacial score (nSPS) is 13.7. The minimum Gasteiger partial charge on any atom is -0.236 e. The summed E-state index contributed by atoms with van der Waals surface area (Å²) < 4.78 is 0. The standard InChI is InChI=1S/C16H25O/c1-5-6-7-14(12-17)13-8-10-15(11-9-13)16(2,3)4/h8-11,14H,5-7,12H2,1-4H3. The molecule has 95 valence electrons. The van der Waals surface area contributed by atoms with Crippen molar-refractivity contribution in [3.63, 3.8) is 0 Å². The summed E-state index contributed by atoms with van der Waals surface area (Å²) in [6, 6.07) is 8.62. The Morgan fingerprint density at radius 1 is 1.12 bits per heavy atom. The summed E-state index contributed by atoms with van der Waals surface area (Å²) in [5.41, 5.74) is 2.73. The third kappa shape index (κ3) is 4.16. The molecule has 1 rings (SSSR count). The molecular weight excluding hydrogens is 208 g/mol. The van der Waals surface area contributed by atoms with E-state index in [4.69, 9.17) is 0 Å². The second-order valence-electron chi connectivity index (χ2n) is 5.88. The molecule has 1 aromatic carbocycles. The van der Waals surface area contributed by atoms with E-state index in [2.05, 4.69) is 52.0 Å². The van der Waals surface area contributed by atoms with Crippen LogP contribution in [-0.2, 0) is 10.5 Å². The lowest BCUT2D eigenvalue weighted by molar-refractivity contribution is 0.167. The first-order valence-corrected chi connectivity index (χ1v) is 6.67. The molecule has 1 aromatic rings. The van der Waals surface area contributed by atoms with Gasteiger partial charge in [-0.3, -0.25) is 0 Å². The van der Waals surface area contributed by atoms with E-state index in [1.807, 2.05) is 0 Å². The van der Waals surface area contributed by atoms with Crippen molar-refractivity contribution in [2.24, 2.45) is 0 Å². The molecule has 1 nitrogen and oxygen atoms in total. The molecule has 1 atom stereocenters. The predicted octanol–water partition coefficient (Wildman–Crippen LogP) is 4.69. The molecule has 0 amide bonds. The summed E-state index contributed by atoms with van der Waals surface area (Å²) in [6.45, 7) is 8.82. The molecule has 17 heavy (non-hydrogen) atoms. The quantitative estimate of drug-likeness (QED) is 0.703. The first-order valence-electron chi connectivity index (χ1n) is 6.67. The van der Waals surface area contributed by atoms with E-state index in [9.17, 15) is 5.11 Å². The monoisotopic (exact) mass is 233 g/mol. The van der Waals surface area contributed by atoms with Gasteiger partial charge in [0, 0.05) is 5.92 Å². The molecule has 0 saturated heterocycles. The molecular formula is C16H25O. The summed E-state index contributed by atoms with van der Waals surface area (Å²) in [6.07, 6.45) is 3.33. The number of rotatable bonds is 5. The van der Waals surface area contributed by atoms with Crippen LogP contribution >= 0.6 is 0 Å². The molecule has 0 aromatic heterocycles. The van der Waals surface area contributed by atoms with E-state index in [1.54, 1.807) is 0 Å². The van der Waals surface area contributed by atoms with Crippen LogP contribution in [0.1, 0.15) is 64.0 Å². The van der Waals surface area contributed by atoms with Crippen LogP contribution < -0.4 is 0 Å². The third-order valence-electron chi connectivity index (χ3n) is 3.36. The fourth-order valence-corrected chi connectivity index (χ4v) is 2.05. The van der Waals surface area contributed by atoms with Gasteiger partial charge < -0.3 is 0 Å². The van der Waals surface area contributed by atoms with Gasteiger partial charge in [0.1, 0.15) is 0 Å². The van der Waals surface area contributed by atoms with Crippen LogP contribution in [0.3, 0.4) is 0 Å². The van der Waals surface area contributed by atoms with Gasteiger partial charge in [0.05, 0.1) is 6.61 Å². The fraction of sp³-hybridized carbons (Fsp3) is 0.625. The summed E-state index contributed by atoms with van der Waals surface area (Å²) >= 11 is 0. The Balaban J connectivity index is 2.78. The summed E-state index contributed by atoms with van der Waals surface area (Å²) in [7, 11) is 0. The van der Waals surface area contributed by atoms with E-state index in [0.29, 0.717) is 0 Å². The van der Waals surface area contributed by atoms with Gasteiger partial charge >= 0.3 is 0 Å². The average Bonchev–Trinajstić information content (AvgIpc) is 2.29. The van der Waals surface area contributed by atoms with Crippen molar-refractivity contribution in [1.82, 2.24) is 0 Å². The lowest BCUT2D eigenvalue weighted by Crippen LogP contribution is -2.11. The van der Waals surface area contributed by atoms with Gasteiger partial charge in [0.25, 0.3) is 0 Å². The first-order chi connectivity index (χ1) is 7.99.